The molecular weight excluding hydrogens is 641 g/mol. The highest BCUT2D eigenvalue weighted by Gasteiger charge is 2.35. The third-order valence-electron chi connectivity index (χ3n) is 10.8. The Kier molecular flexibility index (Phi) is 8.01. The van der Waals surface area contributed by atoms with E-state index in [0.717, 1.165) is 28.0 Å². The number of hydrogen-bond acceptors (Lipinski definition) is 1. The van der Waals surface area contributed by atoms with Crippen molar-refractivity contribution in [3.05, 3.63) is 210 Å². The van der Waals surface area contributed by atoms with Gasteiger partial charge in [-0.25, -0.2) is 4.99 Å². The topological polar surface area (TPSA) is 36.2 Å². The monoisotopic (exact) mass is 678 g/mol. The molecule has 0 spiro atoms. The maximum Gasteiger partial charge on any atom is 0.152 e. The fraction of sp³-hybridized carbons (Fsp3) is 0.0588. The molecule has 252 valence electrons. The Labute approximate surface area is 311 Å². The maximum absolute atomic E-state index is 8.97. The Morgan fingerprint density at radius 2 is 1.11 bits per heavy atom. The third-order valence-corrected chi connectivity index (χ3v) is 10.8. The van der Waals surface area contributed by atoms with Crippen LogP contribution in [0.3, 0.4) is 0 Å². The molecule has 0 aliphatic heterocycles. The summed E-state index contributed by atoms with van der Waals surface area (Å²) in [6, 6.07) is 62.1. The van der Waals surface area contributed by atoms with Gasteiger partial charge in [-0.3, -0.25) is 5.41 Å². The molecule has 1 N–H and O–H groups in total. The summed E-state index contributed by atoms with van der Waals surface area (Å²) in [5.41, 5.74) is 13.7. The summed E-state index contributed by atoms with van der Waals surface area (Å²) in [4.78, 5) is 4.95. The van der Waals surface area contributed by atoms with Gasteiger partial charge in [0, 0.05) is 16.5 Å². The minimum Gasteiger partial charge on any atom is -0.282 e. The molecule has 0 saturated carbocycles. The summed E-state index contributed by atoms with van der Waals surface area (Å²) in [6.07, 6.45) is 4.21. The van der Waals surface area contributed by atoms with E-state index < -0.39 is 0 Å². The minimum absolute atomic E-state index is 0.0221. The Morgan fingerprint density at radius 3 is 1.98 bits per heavy atom. The van der Waals surface area contributed by atoms with Gasteiger partial charge in [-0.15, -0.1) is 0 Å². The van der Waals surface area contributed by atoms with Crippen LogP contribution in [0.15, 0.2) is 187 Å². The number of fused-ring (bicyclic) bond motifs is 5. The van der Waals surface area contributed by atoms with Gasteiger partial charge in [0.2, 0.25) is 0 Å². The van der Waals surface area contributed by atoms with Crippen LogP contribution < -0.4 is 0 Å². The average Bonchev–Trinajstić information content (AvgIpc) is 3.44. The first-order valence-electron chi connectivity index (χ1n) is 18.2. The van der Waals surface area contributed by atoms with Gasteiger partial charge in [0.1, 0.15) is 0 Å². The van der Waals surface area contributed by atoms with E-state index in [1.165, 1.54) is 60.5 Å². The first-order valence-corrected chi connectivity index (χ1v) is 18.2. The van der Waals surface area contributed by atoms with Crippen molar-refractivity contribution in [1.82, 2.24) is 0 Å². The van der Waals surface area contributed by atoms with E-state index in [0.29, 0.717) is 0 Å². The first-order chi connectivity index (χ1) is 26.0. The lowest BCUT2D eigenvalue weighted by atomic mass is 9.82. The van der Waals surface area contributed by atoms with Gasteiger partial charge in [-0.2, -0.15) is 0 Å². The molecule has 2 heteroatoms. The zero-order chi connectivity index (χ0) is 35.9. The number of benzene rings is 8. The highest BCUT2D eigenvalue weighted by atomic mass is 14.8. The van der Waals surface area contributed by atoms with E-state index in [1.807, 2.05) is 30.3 Å². The van der Waals surface area contributed by atoms with Crippen LogP contribution in [-0.4, -0.2) is 11.5 Å². The van der Waals surface area contributed by atoms with E-state index in [-0.39, 0.29) is 11.3 Å². The number of amidine groups is 1. The lowest BCUT2D eigenvalue weighted by molar-refractivity contribution is 0.660. The predicted octanol–water partition coefficient (Wildman–Crippen LogP) is 13.2. The molecule has 0 amide bonds. The molecule has 9 rings (SSSR count). The summed E-state index contributed by atoms with van der Waals surface area (Å²) in [5, 5.41) is 13.8. The molecule has 0 atom stereocenters. The van der Waals surface area contributed by atoms with Crippen LogP contribution in [-0.2, 0) is 5.41 Å². The van der Waals surface area contributed by atoms with E-state index in [9.17, 15) is 0 Å². The van der Waals surface area contributed by atoms with E-state index in [4.69, 9.17) is 10.4 Å². The lowest BCUT2D eigenvalue weighted by Gasteiger charge is -2.21. The molecule has 0 fully saturated rings. The molecule has 1 aliphatic carbocycles. The Hall–Kier alpha value is -6.64. The number of nitrogens with one attached hydrogen (secondary N) is 1. The normalized spacial score (nSPS) is 13.4. The smallest absolute Gasteiger partial charge is 0.152 e. The van der Waals surface area contributed by atoms with Crippen molar-refractivity contribution in [3.8, 4) is 33.4 Å². The van der Waals surface area contributed by atoms with Crippen molar-refractivity contribution >= 4 is 39.2 Å². The Balaban J connectivity index is 1.13. The van der Waals surface area contributed by atoms with Crippen LogP contribution in [0.2, 0.25) is 0 Å². The SMILES string of the molecule is CC1(C)c2ccccc2-c2cc(-c3ccc(/C=C/C(=NC(=N)c4ccccc4)c4cccc(-c5cccc6ccccc56)c4)c4ccccc34)ccc21. The molecule has 8 aromatic carbocycles. The second kappa shape index (κ2) is 13.2. The number of allylic oxidation sites excluding steroid dienone is 1. The van der Waals surface area contributed by atoms with Crippen LogP contribution in [0, 0.1) is 5.41 Å². The van der Waals surface area contributed by atoms with Gasteiger partial charge in [0.25, 0.3) is 0 Å². The van der Waals surface area contributed by atoms with Gasteiger partial charge in [0.05, 0.1) is 5.71 Å². The molecule has 0 aromatic heterocycles. The number of rotatable bonds is 6. The van der Waals surface area contributed by atoms with Gasteiger partial charge < -0.3 is 0 Å². The highest BCUT2D eigenvalue weighted by molar-refractivity contribution is 6.18. The Morgan fingerprint density at radius 1 is 0.491 bits per heavy atom. The quantitative estimate of drug-likeness (QED) is 0.134. The fourth-order valence-corrected chi connectivity index (χ4v) is 8.08. The summed E-state index contributed by atoms with van der Waals surface area (Å²) < 4.78 is 0. The van der Waals surface area contributed by atoms with E-state index in [2.05, 4.69) is 172 Å². The standard InChI is InChI=1S/C51H38N2/c1-51(2)47-25-11-10-23-45(47)46-33-38(27-30-48(46)51)43-29-26-35(41-21-8-9-22-44(41)43)28-31-49(53-50(52)36-15-4-3-5-16-36)39-19-12-18-37(32-39)42-24-13-17-34-14-6-7-20-40(34)42/h3-33,52H,1-2H3/b31-28+,52-50?,53-49?. The number of aliphatic imine (C=N–C) groups is 1. The number of hydrogen-bond donors (Lipinski definition) is 1. The fourth-order valence-electron chi connectivity index (χ4n) is 8.08. The molecule has 2 nitrogen and oxygen atoms in total. The largest absolute Gasteiger partial charge is 0.282 e. The second-order valence-corrected chi connectivity index (χ2v) is 14.3. The van der Waals surface area contributed by atoms with Crippen molar-refractivity contribution in [2.45, 2.75) is 19.3 Å². The van der Waals surface area contributed by atoms with Crippen LogP contribution >= 0.6 is 0 Å². The molecule has 0 heterocycles. The summed E-state index contributed by atoms with van der Waals surface area (Å²) in [5.74, 6) is 0.224. The lowest BCUT2D eigenvalue weighted by Crippen LogP contribution is -2.14. The van der Waals surface area contributed by atoms with Gasteiger partial charge >= 0.3 is 0 Å². The number of nitrogens with zero attached hydrogens (tertiary/aromatic N) is 1. The Bertz CT molecular complexity index is 2760. The van der Waals surface area contributed by atoms with Gasteiger partial charge in [-0.1, -0.05) is 184 Å². The van der Waals surface area contributed by atoms with Crippen molar-refractivity contribution in [2.75, 3.05) is 0 Å². The summed E-state index contributed by atoms with van der Waals surface area (Å²) in [6.45, 7) is 4.65. The van der Waals surface area contributed by atoms with Crippen LogP contribution in [0.4, 0.5) is 0 Å². The molecule has 0 bridgehead atoms. The zero-order valence-electron chi connectivity index (χ0n) is 29.8. The average molecular weight is 679 g/mol. The molecule has 1 aliphatic rings. The van der Waals surface area contributed by atoms with Crippen LogP contribution in [0.5, 0.6) is 0 Å². The third kappa shape index (κ3) is 5.79. The van der Waals surface area contributed by atoms with E-state index in [1.54, 1.807) is 0 Å². The van der Waals surface area contributed by atoms with Crippen molar-refractivity contribution < 1.29 is 0 Å². The van der Waals surface area contributed by atoms with Crippen LogP contribution in [0.1, 0.15) is 41.7 Å². The zero-order valence-corrected chi connectivity index (χ0v) is 29.8. The minimum atomic E-state index is -0.0221. The highest BCUT2D eigenvalue weighted by Crippen LogP contribution is 2.49. The molecular formula is C51H38N2. The molecule has 0 radical (unpaired) electrons. The predicted molar refractivity (Wildman–Crippen MR) is 225 cm³/mol. The van der Waals surface area contributed by atoms with Crippen molar-refractivity contribution in [3.63, 3.8) is 0 Å². The molecule has 0 unspecified atom stereocenters. The molecule has 53 heavy (non-hydrogen) atoms. The van der Waals surface area contributed by atoms with Crippen molar-refractivity contribution in [2.24, 2.45) is 4.99 Å². The maximum atomic E-state index is 8.97. The second-order valence-electron chi connectivity index (χ2n) is 14.3. The van der Waals surface area contributed by atoms with Gasteiger partial charge in [-0.05, 0) is 89.8 Å². The van der Waals surface area contributed by atoms with Gasteiger partial charge in [0.15, 0.2) is 5.84 Å². The molecule has 0 saturated heterocycles. The summed E-state index contributed by atoms with van der Waals surface area (Å²) >= 11 is 0. The van der Waals surface area contributed by atoms with Crippen LogP contribution in [0.25, 0.3) is 61.0 Å². The summed E-state index contributed by atoms with van der Waals surface area (Å²) in [7, 11) is 0. The first kappa shape index (κ1) is 32.3. The van der Waals surface area contributed by atoms with Crippen molar-refractivity contribution in [1.29, 1.82) is 5.41 Å². The van der Waals surface area contributed by atoms with E-state index >= 15 is 0 Å². The molecule has 8 aromatic rings.